The number of benzene rings is 1. The highest BCUT2D eigenvalue weighted by Gasteiger charge is 2.01. The van der Waals surface area contributed by atoms with Gasteiger partial charge in [-0.3, -0.25) is 0 Å². The first kappa shape index (κ1) is 11.5. The van der Waals surface area contributed by atoms with Crippen molar-refractivity contribution in [1.82, 2.24) is 0 Å². The van der Waals surface area contributed by atoms with E-state index in [0.29, 0.717) is 11.7 Å². The van der Waals surface area contributed by atoms with Gasteiger partial charge in [0.1, 0.15) is 11.5 Å². The second-order valence-electron chi connectivity index (χ2n) is 4.04. The van der Waals surface area contributed by atoms with Gasteiger partial charge in [-0.25, -0.2) is 0 Å². The van der Waals surface area contributed by atoms with E-state index in [1.807, 2.05) is 12.1 Å². The molecule has 88 valence electrons. The Morgan fingerprint density at radius 2 is 2.18 bits per heavy atom. The lowest BCUT2D eigenvalue weighted by atomic mass is 9.99. The summed E-state index contributed by atoms with van der Waals surface area (Å²) in [4.78, 5) is 0. The predicted molar refractivity (Wildman–Crippen MR) is 70.1 cm³/mol. The Labute approximate surface area is 102 Å². The fourth-order valence-corrected chi connectivity index (χ4v) is 1.80. The number of rotatable bonds is 3. The molecule has 0 aromatic heterocycles. The van der Waals surface area contributed by atoms with Gasteiger partial charge in [-0.15, -0.1) is 0 Å². The molecule has 1 N–H and O–H groups in total. The number of phenolic OH excluding ortho intramolecular Hbond substituents is 1. The lowest BCUT2D eigenvalue weighted by Gasteiger charge is -2.07. The minimum atomic E-state index is 0.225. The third-order valence-electron chi connectivity index (χ3n) is 2.70. The molecule has 2 rings (SSSR count). The van der Waals surface area contributed by atoms with Gasteiger partial charge in [0.05, 0.1) is 7.11 Å². The summed E-state index contributed by atoms with van der Waals surface area (Å²) in [5.41, 5.74) is 0.949. The molecular weight excluding hydrogens is 212 g/mol. The maximum atomic E-state index is 9.52. The summed E-state index contributed by atoms with van der Waals surface area (Å²) >= 11 is 0. The van der Waals surface area contributed by atoms with Gasteiger partial charge in [-0.05, 0) is 30.0 Å². The first-order valence-corrected chi connectivity index (χ1v) is 5.67. The van der Waals surface area contributed by atoms with Crippen LogP contribution in [0.5, 0.6) is 11.5 Å². The van der Waals surface area contributed by atoms with Crippen molar-refractivity contribution in [3.8, 4) is 11.5 Å². The summed E-state index contributed by atoms with van der Waals surface area (Å²) in [5, 5.41) is 9.52. The van der Waals surface area contributed by atoms with Crippen LogP contribution < -0.4 is 4.74 Å². The van der Waals surface area contributed by atoms with Gasteiger partial charge in [-0.1, -0.05) is 36.5 Å². The van der Waals surface area contributed by atoms with Crippen molar-refractivity contribution in [2.75, 3.05) is 7.11 Å². The highest BCUT2D eigenvalue weighted by Crippen LogP contribution is 2.23. The Kier molecular flexibility index (Phi) is 3.66. The van der Waals surface area contributed by atoms with E-state index in [-0.39, 0.29) is 5.75 Å². The summed E-state index contributed by atoms with van der Waals surface area (Å²) in [7, 11) is 1.59. The van der Waals surface area contributed by atoms with Crippen LogP contribution in [0.25, 0.3) is 6.08 Å². The zero-order chi connectivity index (χ0) is 12.1. The van der Waals surface area contributed by atoms with E-state index >= 15 is 0 Å². The Balaban J connectivity index is 2.12. The van der Waals surface area contributed by atoms with Crippen LogP contribution in [0, 0.1) is 5.92 Å². The van der Waals surface area contributed by atoms with E-state index in [4.69, 9.17) is 4.74 Å². The number of hydrogen-bond donors (Lipinski definition) is 1. The lowest BCUT2D eigenvalue weighted by molar-refractivity contribution is 0.407. The van der Waals surface area contributed by atoms with E-state index in [9.17, 15) is 5.11 Å². The van der Waals surface area contributed by atoms with Crippen molar-refractivity contribution in [2.24, 2.45) is 5.92 Å². The van der Waals surface area contributed by atoms with Gasteiger partial charge in [0.2, 0.25) is 0 Å². The molecule has 1 atom stereocenters. The molecule has 0 saturated heterocycles. The average Bonchev–Trinajstić information content (AvgIpc) is 2.37. The van der Waals surface area contributed by atoms with Gasteiger partial charge < -0.3 is 9.84 Å². The van der Waals surface area contributed by atoms with Crippen LogP contribution in [0.1, 0.15) is 12.0 Å². The number of ether oxygens (including phenoxy) is 1. The molecule has 0 saturated carbocycles. The molecule has 1 aliphatic carbocycles. The summed E-state index contributed by atoms with van der Waals surface area (Å²) < 4.78 is 5.11. The molecule has 1 unspecified atom stereocenters. The SMILES string of the molecule is COc1cc(O)cc(/C=C/C2C=CC=CC2)c1. The smallest absolute Gasteiger partial charge is 0.123 e. The second kappa shape index (κ2) is 5.39. The standard InChI is InChI=1S/C15H16O2/c1-17-15-10-13(9-14(16)11-15)8-7-12-5-3-2-4-6-12/h2-5,7-12,16H,6H2,1H3/b8-7+. The molecule has 0 radical (unpaired) electrons. The maximum absolute atomic E-state index is 9.52. The molecule has 17 heavy (non-hydrogen) atoms. The van der Waals surface area contributed by atoms with Gasteiger partial charge in [0.25, 0.3) is 0 Å². The highest BCUT2D eigenvalue weighted by atomic mass is 16.5. The van der Waals surface area contributed by atoms with Crippen molar-refractivity contribution >= 4 is 6.08 Å². The normalized spacial score (nSPS) is 18.8. The van der Waals surface area contributed by atoms with Crippen molar-refractivity contribution in [2.45, 2.75) is 6.42 Å². The van der Waals surface area contributed by atoms with Gasteiger partial charge in [-0.2, -0.15) is 0 Å². The minimum Gasteiger partial charge on any atom is -0.508 e. The van der Waals surface area contributed by atoms with Crippen LogP contribution in [0.2, 0.25) is 0 Å². The molecule has 0 amide bonds. The summed E-state index contributed by atoms with van der Waals surface area (Å²) in [5.74, 6) is 1.33. The molecule has 1 aromatic carbocycles. The van der Waals surface area contributed by atoms with E-state index in [0.717, 1.165) is 12.0 Å². The van der Waals surface area contributed by atoms with E-state index in [1.165, 1.54) is 0 Å². The Bertz CT molecular complexity index is 470. The molecule has 0 spiro atoms. The third kappa shape index (κ3) is 3.25. The van der Waals surface area contributed by atoms with E-state index in [2.05, 4.69) is 30.4 Å². The Morgan fingerprint density at radius 3 is 2.88 bits per heavy atom. The zero-order valence-corrected chi connectivity index (χ0v) is 9.84. The molecule has 2 heteroatoms. The third-order valence-corrected chi connectivity index (χ3v) is 2.70. The van der Waals surface area contributed by atoms with Crippen LogP contribution in [0.3, 0.4) is 0 Å². The van der Waals surface area contributed by atoms with Crippen molar-refractivity contribution in [3.05, 3.63) is 54.1 Å². The van der Waals surface area contributed by atoms with Gasteiger partial charge >= 0.3 is 0 Å². The van der Waals surface area contributed by atoms with Crippen molar-refractivity contribution < 1.29 is 9.84 Å². The largest absolute Gasteiger partial charge is 0.508 e. The lowest BCUT2D eigenvalue weighted by Crippen LogP contribution is -1.91. The highest BCUT2D eigenvalue weighted by molar-refractivity contribution is 5.55. The van der Waals surface area contributed by atoms with Crippen LogP contribution in [-0.2, 0) is 0 Å². The molecule has 0 aliphatic heterocycles. The number of allylic oxidation sites excluding steroid dienone is 5. The van der Waals surface area contributed by atoms with E-state index in [1.54, 1.807) is 19.2 Å². The predicted octanol–water partition coefficient (Wildman–Crippen LogP) is 3.55. The molecule has 1 aromatic rings. The summed E-state index contributed by atoms with van der Waals surface area (Å²) in [6.07, 6.45) is 13.6. The Hall–Kier alpha value is -1.96. The number of methoxy groups -OCH3 is 1. The summed E-state index contributed by atoms with van der Waals surface area (Å²) in [6.45, 7) is 0. The van der Waals surface area contributed by atoms with Gasteiger partial charge in [0.15, 0.2) is 0 Å². The molecule has 0 fully saturated rings. The maximum Gasteiger partial charge on any atom is 0.123 e. The van der Waals surface area contributed by atoms with Crippen LogP contribution >= 0.6 is 0 Å². The van der Waals surface area contributed by atoms with Crippen molar-refractivity contribution in [1.29, 1.82) is 0 Å². The molecule has 0 heterocycles. The number of phenols is 1. The van der Waals surface area contributed by atoms with Crippen LogP contribution in [0.15, 0.2) is 48.6 Å². The van der Waals surface area contributed by atoms with Crippen molar-refractivity contribution in [3.63, 3.8) is 0 Å². The minimum absolute atomic E-state index is 0.225. The fourth-order valence-electron chi connectivity index (χ4n) is 1.80. The van der Waals surface area contributed by atoms with E-state index < -0.39 is 0 Å². The second-order valence-corrected chi connectivity index (χ2v) is 4.04. The number of aromatic hydroxyl groups is 1. The first-order chi connectivity index (χ1) is 8.28. The Morgan fingerprint density at radius 1 is 1.29 bits per heavy atom. The van der Waals surface area contributed by atoms with Crippen LogP contribution in [0.4, 0.5) is 0 Å². The monoisotopic (exact) mass is 228 g/mol. The molecule has 0 bridgehead atoms. The fraction of sp³-hybridized carbons (Fsp3) is 0.200. The topological polar surface area (TPSA) is 29.5 Å². The molecular formula is C15H16O2. The number of hydrogen-bond acceptors (Lipinski definition) is 2. The average molecular weight is 228 g/mol. The van der Waals surface area contributed by atoms with Crippen LogP contribution in [-0.4, -0.2) is 12.2 Å². The quantitative estimate of drug-likeness (QED) is 0.857. The van der Waals surface area contributed by atoms with Gasteiger partial charge in [0, 0.05) is 6.07 Å². The summed E-state index contributed by atoms with van der Waals surface area (Å²) in [6, 6.07) is 5.22. The first-order valence-electron chi connectivity index (χ1n) is 5.67. The molecule has 1 aliphatic rings. The zero-order valence-electron chi connectivity index (χ0n) is 9.84. The molecule has 2 nitrogen and oxygen atoms in total.